The SMILES string of the molecule is C[C@@H](Sc1nc(C2CC2)nc2ccccc12)C(=O)NC(N)=O. The first kappa shape index (κ1) is 14.8. The summed E-state index contributed by atoms with van der Waals surface area (Å²) in [6.07, 6.45) is 2.22. The highest BCUT2D eigenvalue weighted by Crippen LogP contribution is 2.40. The fourth-order valence-electron chi connectivity index (χ4n) is 2.12. The van der Waals surface area contributed by atoms with Gasteiger partial charge in [-0.1, -0.05) is 30.0 Å². The van der Waals surface area contributed by atoms with Gasteiger partial charge < -0.3 is 5.73 Å². The minimum absolute atomic E-state index is 0.423. The Morgan fingerprint density at radius 3 is 2.73 bits per heavy atom. The average molecular weight is 316 g/mol. The van der Waals surface area contributed by atoms with E-state index in [2.05, 4.69) is 15.3 Å². The van der Waals surface area contributed by atoms with Gasteiger partial charge in [-0.15, -0.1) is 0 Å². The van der Waals surface area contributed by atoms with Crippen LogP contribution in [0.15, 0.2) is 29.3 Å². The third-order valence-corrected chi connectivity index (χ3v) is 4.53. The van der Waals surface area contributed by atoms with Crippen LogP contribution < -0.4 is 11.1 Å². The smallest absolute Gasteiger partial charge is 0.318 e. The molecule has 3 N–H and O–H groups in total. The molecule has 0 radical (unpaired) electrons. The Balaban J connectivity index is 1.91. The number of amides is 3. The fourth-order valence-corrected chi connectivity index (χ4v) is 3.07. The van der Waals surface area contributed by atoms with Crippen molar-refractivity contribution in [1.29, 1.82) is 0 Å². The summed E-state index contributed by atoms with van der Waals surface area (Å²) in [5.41, 5.74) is 5.86. The number of thioether (sulfide) groups is 1. The summed E-state index contributed by atoms with van der Waals surface area (Å²) in [6.45, 7) is 1.72. The van der Waals surface area contributed by atoms with E-state index in [9.17, 15) is 9.59 Å². The van der Waals surface area contributed by atoms with Crippen LogP contribution in [0.1, 0.15) is 31.5 Å². The molecular weight excluding hydrogens is 300 g/mol. The number of nitrogens with one attached hydrogen (secondary N) is 1. The largest absolute Gasteiger partial charge is 0.351 e. The van der Waals surface area contributed by atoms with Crippen LogP contribution in [-0.2, 0) is 4.79 Å². The second-order valence-electron chi connectivity index (χ2n) is 5.29. The minimum Gasteiger partial charge on any atom is -0.351 e. The molecule has 1 aromatic heterocycles. The predicted octanol–water partition coefficient (Wildman–Crippen LogP) is 2.18. The maximum absolute atomic E-state index is 11.8. The molecule has 6 nitrogen and oxygen atoms in total. The Morgan fingerprint density at radius 1 is 1.32 bits per heavy atom. The Hall–Kier alpha value is -2.15. The zero-order valence-electron chi connectivity index (χ0n) is 12.1. The van der Waals surface area contributed by atoms with Gasteiger partial charge in [-0.25, -0.2) is 14.8 Å². The summed E-state index contributed by atoms with van der Waals surface area (Å²) in [6, 6.07) is 6.89. The van der Waals surface area contributed by atoms with Crippen LogP contribution in [0.2, 0.25) is 0 Å². The lowest BCUT2D eigenvalue weighted by molar-refractivity contribution is -0.119. The summed E-state index contributed by atoms with van der Waals surface area (Å²) in [5, 5.41) is 3.30. The minimum atomic E-state index is -0.844. The van der Waals surface area contributed by atoms with Crippen molar-refractivity contribution >= 4 is 34.6 Å². The normalized spacial score (nSPS) is 15.5. The van der Waals surface area contributed by atoms with E-state index in [-0.39, 0.29) is 0 Å². The van der Waals surface area contributed by atoms with Crippen LogP contribution in [0.3, 0.4) is 0 Å². The molecule has 1 aliphatic carbocycles. The third kappa shape index (κ3) is 3.19. The topological polar surface area (TPSA) is 98.0 Å². The number of fused-ring (bicyclic) bond motifs is 1. The van der Waals surface area contributed by atoms with E-state index in [1.807, 2.05) is 24.3 Å². The lowest BCUT2D eigenvalue weighted by atomic mass is 10.2. The van der Waals surface area contributed by atoms with Crippen molar-refractivity contribution in [3.05, 3.63) is 30.1 Å². The number of carbonyl (C=O) groups is 2. The van der Waals surface area contributed by atoms with Crippen molar-refractivity contribution in [3.63, 3.8) is 0 Å². The van der Waals surface area contributed by atoms with Crippen LogP contribution in [0.5, 0.6) is 0 Å². The number of primary amides is 1. The van der Waals surface area contributed by atoms with Gasteiger partial charge in [0.25, 0.3) is 0 Å². The van der Waals surface area contributed by atoms with E-state index in [1.54, 1.807) is 6.92 Å². The molecule has 0 spiro atoms. The first-order valence-electron chi connectivity index (χ1n) is 7.08. The van der Waals surface area contributed by atoms with E-state index in [4.69, 9.17) is 5.73 Å². The molecule has 1 aromatic carbocycles. The van der Waals surface area contributed by atoms with Crippen molar-refractivity contribution in [2.75, 3.05) is 0 Å². The van der Waals surface area contributed by atoms with Gasteiger partial charge in [0.15, 0.2) is 0 Å². The van der Waals surface area contributed by atoms with Crippen molar-refractivity contribution in [2.45, 2.75) is 36.0 Å². The number of benzene rings is 1. The second kappa shape index (κ2) is 5.92. The maximum Gasteiger partial charge on any atom is 0.318 e. The predicted molar refractivity (Wildman–Crippen MR) is 84.6 cm³/mol. The number of nitrogens with zero attached hydrogens (tertiary/aromatic N) is 2. The maximum atomic E-state index is 11.8. The molecular formula is C15H16N4O2S. The number of urea groups is 1. The lowest BCUT2D eigenvalue weighted by Gasteiger charge is -2.12. The number of nitrogens with two attached hydrogens (primary N) is 1. The standard InChI is InChI=1S/C15H16N4O2S/c1-8(13(20)19-15(16)21)22-14-10-4-2-3-5-11(10)17-12(18-14)9-6-7-9/h2-5,8-9H,6-7H2,1H3,(H3,16,19,20,21)/t8-/m1/s1. The van der Waals surface area contributed by atoms with E-state index < -0.39 is 17.2 Å². The van der Waals surface area contributed by atoms with E-state index in [0.717, 1.165) is 34.6 Å². The van der Waals surface area contributed by atoms with Crippen LogP contribution in [0.4, 0.5) is 4.79 Å². The molecule has 0 aliphatic heterocycles. The Morgan fingerprint density at radius 2 is 2.05 bits per heavy atom. The number of rotatable bonds is 4. The molecule has 1 aliphatic rings. The van der Waals surface area contributed by atoms with Crippen LogP contribution in [0, 0.1) is 0 Å². The summed E-state index contributed by atoms with van der Waals surface area (Å²) in [4.78, 5) is 31.9. The molecule has 1 saturated carbocycles. The van der Waals surface area contributed by atoms with Crippen molar-refractivity contribution < 1.29 is 9.59 Å². The van der Waals surface area contributed by atoms with Gasteiger partial charge in [-0.2, -0.15) is 0 Å². The monoisotopic (exact) mass is 316 g/mol. The highest BCUT2D eigenvalue weighted by atomic mass is 32.2. The number of carbonyl (C=O) groups excluding carboxylic acids is 2. The number of aromatic nitrogens is 2. The molecule has 0 saturated heterocycles. The van der Waals surface area contributed by atoms with Gasteiger partial charge in [0.05, 0.1) is 10.8 Å². The van der Waals surface area contributed by atoms with Crippen molar-refractivity contribution in [2.24, 2.45) is 5.73 Å². The molecule has 2 aromatic rings. The molecule has 0 unspecified atom stereocenters. The van der Waals surface area contributed by atoms with E-state index in [0.29, 0.717) is 5.92 Å². The zero-order valence-corrected chi connectivity index (χ0v) is 12.9. The van der Waals surface area contributed by atoms with E-state index in [1.165, 1.54) is 11.8 Å². The van der Waals surface area contributed by atoms with Gasteiger partial charge >= 0.3 is 6.03 Å². The second-order valence-corrected chi connectivity index (χ2v) is 6.62. The average Bonchev–Trinajstić information content (AvgIpc) is 3.31. The number of imide groups is 1. The number of para-hydroxylation sites is 1. The molecule has 114 valence electrons. The number of hydrogen-bond donors (Lipinski definition) is 2. The molecule has 1 atom stereocenters. The summed E-state index contributed by atoms with van der Waals surface area (Å²) in [5.74, 6) is 0.843. The highest BCUT2D eigenvalue weighted by molar-refractivity contribution is 8.00. The molecule has 1 heterocycles. The van der Waals surface area contributed by atoms with Gasteiger partial charge in [-0.3, -0.25) is 10.1 Å². The first-order valence-corrected chi connectivity index (χ1v) is 7.96. The summed E-state index contributed by atoms with van der Waals surface area (Å²) in [7, 11) is 0. The Labute approximate surface area is 131 Å². The lowest BCUT2D eigenvalue weighted by Crippen LogP contribution is -2.39. The molecule has 22 heavy (non-hydrogen) atoms. The molecule has 3 rings (SSSR count). The fraction of sp³-hybridized carbons (Fsp3) is 0.333. The van der Waals surface area contributed by atoms with Crippen LogP contribution in [-0.4, -0.2) is 27.2 Å². The molecule has 7 heteroatoms. The Bertz CT molecular complexity index is 745. The third-order valence-electron chi connectivity index (χ3n) is 3.43. The molecule has 3 amide bonds. The van der Waals surface area contributed by atoms with Crippen molar-refractivity contribution in [3.8, 4) is 0 Å². The van der Waals surface area contributed by atoms with Crippen LogP contribution in [0.25, 0.3) is 10.9 Å². The van der Waals surface area contributed by atoms with Gasteiger partial charge in [-0.05, 0) is 25.8 Å². The first-order chi connectivity index (χ1) is 10.5. The van der Waals surface area contributed by atoms with Gasteiger partial charge in [0, 0.05) is 11.3 Å². The zero-order chi connectivity index (χ0) is 15.7. The molecule has 0 bridgehead atoms. The summed E-state index contributed by atoms with van der Waals surface area (Å²) >= 11 is 1.31. The highest BCUT2D eigenvalue weighted by Gasteiger charge is 2.28. The molecule has 1 fully saturated rings. The van der Waals surface area contributed by atoms with Crippen LogP contribution >= 0.6 is 11.8 Å². The Kier molecular flexibility index (Phi) is 3.98. The number of hydrogen-bond acceptors (Lipinski definition) is 5. The van der Waals surface area contributed by atoms with Gasteiger partial charge in [0.2, 0.25) is 5.91 Å². The summed E-state index contributed by atoms with van der Waals surface area (Å²) < 4.78 is 0. The van der Waals surface area contributed by atoms with E-state index >= 15 is 0 Å². The van der Waals surface area contributed by atoms with Gasteiger partial charge in [0.1, 0.15) is 10.9 Å². The van der Waals surface area contributed by atoms with Crippen molar-refractivity contribution in [1.82, 2.24) is 15.3 Å². The quantitative estimate of drug-likeness (QED) is 0.665.